The number of rotatable bonds is 0. The summed E-state index contributed by atoms with van der Waals surface area (Å²) in [5.41, 5.74) is -1.19. The smallest absolute Gasteiger partial charge is 0.179 e. The lowest BCUT2D eigenvalue weighted by atomic mass is 10.6. The monoisotopic (exact) mass is 151 g/mol. The fourth-order valence-corrected chi connectivity index (χ4v) is 1.78. The number of aliphatic hydroxyl groups is 1. The molecule has 5 heteroatoms. The Kier molecular flexibility index (Phi) is 1.74. The van der Waals surface area contributed by atoms with Crippen LogP contribution >= 0.6 is 0 Å². The van der Waals surface area contributed by atoms with E-state index in [1.165, 1.54) is 0 Å². The van der Waals surface area contributed by atoms with Crippen LogP contribution in [-0.2, 0) is 9.84 Å². The van der Waals surface area contributed by atoms with Gasteiger partial charge in [0.2, 0.25) is 0 Å². The molecule has 1 aliphatic rings. The Morgan fingerprint density at radius 2 is 2.22 bits per heavy atom. The van der Waals surface area contributed by atoms with Crippen LogP contribution in [-0.4, -0.2) is 37.8 Å². The Morgan fingerprint density at radius 3 is 2.56 bits per heavy atom. The predicted octanol–water partition coefficient (Wildman–Crippen LogP) is -1.68. The Labute approximate surface area is 53.8 Å². The third-order valence-corrected chi connectivity index (χ3v) is 3.07. The van der Waals surface area contributed by atoms with Gasteiger partial charge in [-0.2, -0.15) is 0 Å². The zero-order chi connectivity index (χ0) is 6.91. The van der Waals surface area contributed by atoms with Crippen molar-refractivity contribution in [3.8, 4) is 0 Å². The van der Waals surface area contributed by atoms with Crippen LogP contribution in [0.15, 0.2) is 0 Å². The molecule has 0 aromatic rings. The van der Waals surface area contributed by atoms with E-state index in [1.807, 2.05) is 0 Å². The van der Waals surface area contributed by atoms with Gasteiger partial charge in [-0.15, -0.1) is 0 Å². The number of nitrogens with one attached hydrogen (secondary N) is 1. The van der Waals surface area contributed by atoms with Crippen molar-refractivity contribution < 1.29 is 13.5 Å². The van der Waals surface area contributed by atoms with Gasteiger partial charge in [0.1, 0.15) is 0 Å². The number of sulfone groups is 1. The van der Waals surface area contributed by atoms with Crippen LogP contribution in [0.3, 0.4) is 0 Å². The van der Waals surface area contributed by atoms with Crippen LogP contribution in [0, 0.1) is 0 Å². The number of hydrogen-bond donors (Lipinski definition) is 2. The normalized spacial score (nSPS) is 34.1. The molecule has 1 unspecified atom stereocenters. The first kappa shape index (κ1) is 6.98. The highest BCUT2D eigenvalue weighted by molar-refractivity contribution is 7.91. The molecule has 2 N–H and O–H groups in total. The second-order valence-electron chi connectivity index (χ2n) is 2.03. The molecule has 0 saturated carbocycles. The maximum atomic E-state index is 10.7. The van der Waals surface area contributed by atoms with Crippen LogP contribution in [0.25, 0.3) is 0 Å². The Hall–Kier alpha value is -0.130. The van der Waals surface area contributed by atoms with Gasteiger partial charge in [0.05, 0.1) is 5.75 Å². The molecular weight excluding hydrogens is 142 g/mol. The summed E-state index contributed by atoms with van der Waals surface area (Å²) in [6.45, 7) is 0.627. The summed E-state index contributed by atoms with van der Waals surface area (Å²) in [6, 6.07) is 0. The van der Waals surface area contributed by atoms with Gasteiger partial charge in [0, 0.05) is 13.1 Å². The van der Waals surface area contributed by atoms with Crippen LogP contribution in [0.2, 0.25) is 0 Å². The lowest BCUT2D eigenvalue weighted by molar-refractivity contribution is 0.238. The average Bonchev–Trinajstić information content (AvgIpc) is 1.77. The summed E-state index contributed by atoms with van der Waals surface area (Å²) < 4.78 is 21.4. The summed E-state index contributed by atoms with van der Waals surface area (Å²) in [6.07, 6.45) is 0. The molecule has 1 saturated heterocycles. The Bertz CT molecular complexity index is 186. The molecule has 0 aromatic heterocycles. The van der Waals surface area contributed by atoms with Gasteiger partial charge in [-0.3, -0.25) is 0 Å². The molecule has 1 heterocycles. The maximum absolute atomic E-state index is 10.7. The molecule has 9 heavy (non-hydrogen) atoms. The van der Waals surface area contributed by atoms with E-state index in [2.05, 4.69) is 5.32 Å². The quantitative estimate of drug-likeness (QED) is 0.434. The van der Waals surface area contributed by atoms with Crippen molar-refractivity contribution in [2.24, 2.45) is 0 Å². The minimum atomic E-state index is -3.17. The summed E-state index contributed by atoms with van der Waals surface area (Å²) in [7, 11) is -3.17. The Balaban J connectivity index is 2.72. The van der Waals surface area contributed by atoms with Gasteiger partial charge in [-0.25, -0.2) is 8.42 Å². The van der Waals surface area contributed by atoms with Crippen molar-refractivity contribution in [2.75, 3.05) is 18.8 Å². The molecule has 0 aliphatic carbocycles. The third kappa shape index (κ3) is 1.41. The molecule has 0 spiro atoms. The highest BCUT2D eigenvalue weighted by Gasteiger charge is 2.25. The van der Waals surface area contributed by atoms with Gasteiger partial charge in [0.15, 0.2) is 15.3 Å². The highest BCUT2D eigenvalue weighted by atomic mass is 32.2. The first-order valence-electron chi connectivity index (χ1n) is 2.73. The number of hydrogen-bond acceptors (Lipinski definition) is 4. The largest absolute Gasteiger partial charge is 0.376 e. The molecule has 1 rings (SSSR count). The van der Waals surface area contributed by atoms with E-state index in [0.29, 0.717) is 6.54 Å². The minimum absolute atomic E-state index is 0.0498. The second kappa shape index (κ2) is 2.24. The van der Waals surface area contributed by atoms with Crippen molar-refractivity contribution in [1.82, 2.24) is 5.32 Å². The van der Waals surface area contributed by atoms with Crippen LogP contribution < -0.4 is 5.32 Å². The molecule has 54 valence electrons. The van der Waals surface area contributed by atoms with E-state index in [9.17, 15) is 8.42 Å². The van der Waals surface area contributed by atoms with Gasteiger partial charge in [0.25, 0.3) is 0 Å². The molecule has 0 bridgehead atoms. The van der Waals surface area contributed by atoms with Crippen molar-refractivity contribution in [3.63, 3.8) is 0 Å². The topological polar surface area (TPSA) is 66.4 Å². The van der Waals surface area contributed by atoms with Crippen molar-refractivity contribution >= 4 is 9.84 Å². The fourth-order valence-electron chi connectivity index (χ4n) is 0.703. The summed E-state index contributed by atoms with van der Waals surface area (Å²) in [5, 5.41) is 11.5. The van der Waals surface area contributed by atoms with E-state index < -0.39 is 15.3 Å². The lowest BCUT2D eigenvalue weighted by Gasteiger charge is -2.17. The van der Waals surface area contributed by atoms with E-state index in [-0.39, 0.29) is 12.3 Å². The third-order valence-electron chi connectivity index (χ3n) is 1.30. The van der Waals surface area contributed by atoms with E-state index in [0.717, 1.165) is 0 Å². The molecule has 0 amide bonds. The standard InChI is InChI=1S/C4H9NO3S/c6-4-3-5-1-2-9(4,7)8/h4-6H,1-3H2. The average molecular weight is 151 g/mol. The lowest BCUT2D eigenvalue weighted by Crippen LogP contribution is -2.43. The molecule has 0 aromatic carbocycles. The van der Waals surface area contributed by atoms with Crippen LogP contribution in [0.5, 0.6) is 0 Å². The van der Waals surface area contributed by atoms with E-state index >= 15 is 0 Å². The Morgan fingerprint density at radius 1 is 1.56 bits per heavy atom. The molecule has 4 nitrogen and oxygen atoms in total. The number of β-amino-alcohol motifs (C(OH)–C–C–N with tert-alkyl or cyclic N) is 1. The van der Waals surface area contributed by atoms with Gasteiger partial charge in [-0.1, -0.05) is 0 Å². The van der Waals surface area contributed by atoms with E-state index in [4.69, 9.17) is 5.11 Å². The minimum Gasteiger partial charge on any atom is -0.376 e. The summed E-state index contributed by atoms with van der Waals surface area (Å²) in [4.78, 5) is 0. The van der Waals surface area contributed by atoms with Crippen LogP contribution in [0.4, 0.5) is 0 Å². The first-order chi connectivity index (χ1) is 4.13. The maximum Gasteiger partial charge on any atom is 0.179 e. The van der Waals surface area contributed by atoms with Gasteiger partial charge < -0.3 is 10.4 Å². The summed E-state index contributed by atoms with van der Waals surface area (Å²) >= 11 is 0. The molecule has 1 atom stereocenters. The first-order valence-corrected chi connectivity index (χ1v) is 4.45. The van der Waals surface area contributed by atoms with Crippen molar-refractivity contribution in [3.05, 3.63) is 0 Å². The molecule has 1 fully saturated rings. The SMILES string of the molecule is O=S1(=O)CCNCC1O. The number of aliphatic hydroxyl groups excluding tert-OH is 1. The second-order valence-corrected chi connectivity index (χ2v) is 4.30. The molecule has 0 radical (unpaired) electrons. The summed E-state index contributed by atoms with van der Waals surface area (Å²) in [5.74, 6) is 0.0498. The highest BCUT2D eigenvalue weighted by Crippen LogP contribution is 2.00. The van der Waals surface area contributed by atoms with Gasteiger partial charge >= 0.3 is 0 Å². The molecule has 1 aliphatic heterocycles. The molecular formula is C4H9NO3S. The zero-order valence-corrected chi connectivity index (χ0v) is 5.69. The van der Waals surface area contributed by atoms with Crippen molar-refractivity contribution in [2.45, 2.75) is 5.44 Å². The predicted molar refractivity (Wildman–Crippen MR) is 32.7 cm³/mol. The fraction of sp³-hybridized carbons (Fsp3) is 1.00. The van der Waals surface area contributed by atoms with Crippen molar-refractivity contribution in [1.29, 1.82) is 0 Å². The zero-order valence-electron chi connectivity index (χ0n) is 4.87. The van der Waals surface area contributed by atoms with Crippen LogP contribution in [0.1, 0.15) is 0 Å². The van der Waals surface area contributed by atoms with E-state index in [1.54, 1.807) is 0 Å². The van der Waals surface area contributed by atoms with Gasteiger partial charge in [-0.05, 0) is 0 Å².